The van der Waals surface area contributed by atoms with Crippen LogP contribution in [0.25, 0.3) is 0 Å². The Labute approximate surface area is 116 Å². The molecule has 2 N–H and O–H groups in total. The van der Waals surface area contributed by atoms with Crippen molar-refractivity contribution in [2.24, 2.45) is 5.73 Å². The van der Waals surface area contributed by atoms with Gasteiger partial charge in [-0.05, 0) is 44.9 Å². The maximum Gasteiger partial charge on any atom is 0.0417 e. The third kappa shape index (κ3) is 2.37. The Morgan fingerprint density at radius 2 is 2.05 bits per heavy atom. The Morgan fingerprint density at radius 1 is 1.26 bits per heavy atom. The zero-order valence-corrected chi connectivity index (χ0v) is 12.0. The average Bonchev–Trinajstić information content (AvgIpc) is 2.84. The second-order valence-corrected chi connectivity index (χ2v) is 6.14. The number of fused-ring (bicyclic) bond motifs is 1. The number of para-hydroxylation sites is 1. The Kier molecular flexibility index (Phi) is 3.50. The molecular formula is C16H25N3. The van der Waals surface area contributed by atoms with Gasteiger partial charge in [0.15, 0.2) is 0 Å². The van der Waals surface area contributed by atoms with E-state index in [4.69, 9.17) is 5.73 Å². The van der Waals surface area contributed by atoms with Gasteiger partial charge in [0.2, 0.25) is 0 Å². The van der Waals surface area contributed by atoms with E-state index in [0.717, 1.165) is 12.6 Å². The molecule has 2 fully saturated rings. The molecule has 1 aromatic rings. The predicted octanol–water partition coefficient (Wildman–Crippen LogP) is 2.38. The van der Waals surface area contributed by atoms with Gasteiger partial charge >= 0.3 is 0 Å². The van der Waals surface area contributed by atoms with E-state index in [9.17, 15) is 0 Å². The van der Waals surface area contributed by atoms with Gasteiger partial charge < -0.3 is 10.6 Å². The molecule has 0 spiro atoms. The van der Waals surface area contributed by atoms with Gasteiger partial charge in [0.05, 0.1) is 0 Å². The second-order valence-electron chi connectivity index (χ2n) is 6.14. The van der Waals surface area contributed by atoms with Crippen LogP contribution >= 0.6 is 0 Å². The van der Waals surface area contributed by atoms with Crippen LogP contribution in [0.1, 0.15) is 38.3 Å². The molecular weight excluding hydrogens is 234 g/mol. The summed E-state index contributed by atoms with van der Waals surface area (Å²) in [6.07, 6.45) is 2.71. The summed E-state index contributed by atoms with van der Waals surface area (Å²) < 4.78 is 0. The van der Waals surface area contributed by atoms with Gasteiger partial charge in [0, 0.05) is 36.9 Å². The van der Waals surface area contributed by atoms with Crippen molar-refractivity contribution in [1.82, 2.24) is 4.90 Å². The Bertz CT molecular complexity index is 443. The molecule has 104 valence electrons. The summed E-state index contributed by atoms with van der Waals surface area (Å²) in [6, 6.07) is 10.1. The van der Waals surface area contributed by atoms with Gasteiger partial charge in [-0.2, -0.15) is 0 Å². The van der Waals surface area contributed by atoms with Crippen molar-refractivity contribution in [3.8, 4) is 0 Å². The van der Waals surface area contributed by atoms with Gasteiger partial charge in [-0.15, -0.1) is 0 Å². The Balaban J connectivity index is 1.89. The van der Waals surface area contributed by atoms with E-state index in [-0.39, 0.29) is 6.04 Å². The molecule has 3 rings (SSSR count). The van der Waals surface area contributed by atoms with Crippen molar-refractivity contribution in [2.75, 3.05) is 24.5 Å². The maximum atomic E-state index is 6.14. The lowest BCUT2D eigenvalue weighted by Crippen LogP contribution is -2.55. The maximum absolute atomic E-state index is 6.14. The van der Waals surface area contributed by atoms with Crippen molar-refractivity contribution in [1.29, 1.82) is 0 Å². The molecule has 0 aromatic heterocycles. The van der Waals surface area contributed by atoms with Crippen molar-refractivity contribution in [3.63, 3.8) is 0 Å². The monoisotopic (exact) mass is 259 g/mol. The fourth-order valence-corrected chi connectivity index (χ4v) is 3.66. The second kappa shape index (κ2) is 5.14. The number of piperazine rings is 1. The molecule has 0 radical (unpaired) electrons. The lowest BCUT2D eigenvalue weighted by molar-refractivity contribution is 0.202. The van der Waals surface area contributed by atoms with Crippen LogP contribution in [0.3, 0.4) is 0 Å². The number of nitrogens with zero attached hydrogens (tertiary/aromatic N) is 2. The van der Waals surface area contributed by atoms with Crippen LogP contribution in [-0.2, 0) is 0 Å². The smallest absolute Gasteiger partial charge is 0.0417 e. The first-order valence-corrected chi connectivity index (χ1v) is 7.52. The Hall–Kier alpha value is -1.06. The number of nitrogens with two attached hydrogens (primary N) is 1. The van der Waals surface area contributed by atoms with E-state index >= 15 is 0 Å². The molecule has 2 unspecified atom stereocenters. The highest BCUT2D eigenvalue weighted by atomic mass is 15.3. The molecule has 2 saturated heterocycles. The SMILES string of the molecule is CC1CN2CCCC2CN1c1ccccc1[C@@H](C)N. The van der Waals surface area contributed by atoms with Crippen LogP contribution in [-0.4, -0.2) is 36.6 Å². The van der Waals surface area contributed by atoms with E-state index in [1.165, 1.54) is 37.2 Å². The third-order valence-corrected chi connectivity index (χ3v) is 4.67. The fourth-order valence-electron chi connectivity index (χ4n) is 3.66. The quantitative estimate of drug-likeness (QED) is 0.885. The van der Waals surface area contributed by atoms with E-state index < -0.39 is 0 Å². The fraction of sp³-hybridized carbons (Fsp3) is 0.625. The molecule has 0 aliphatic carbocycles. The van der Waals surface area contributed by atoms with Crippen LogP contribution < -0.4 is 10.6 Å². The summed E-state index contributed by atoms with van der Waals surface area (Å²) in [5, 5.41) is 0. The number of anilines is 1. The number of rotatable bonds is 2. The topological polar surface area (TPSA) is 32.5 Å². The van der Waals surface area contributed by atoms with Crippen LogP contribution in [0.5, 0.6) is 0 Å². The summed E-state index contributed by atoms with van der Waals surface area (Å²) in [4.78, 5) is 5.24. The molecule has 19 heavy (non-hydrogen) atoms. The molecule has 3 nitrogen and oxygen atoms in total. The third-order valence-electron chi connectivity index (χ3n) is 4.67. The van der Waals surface area contributed by atoms with Crippen LogP contribution in [0.4, 0.5) is 5.69 Å². The van der Waals surface area contributed by atoms with Gasteiger partial charge in [0.25, 0.3) is 0 Å². The van der Waals surface area contributed by atoms with Gasteiger partial charge in [-0.3, -0.25) is 4.90 Å². The largest absolute Gasteiger partial charge is 0.366 e. The van der Waals surface area contributed by atoms with Crippen molar-refractivity contribution >= 4 is 5.69 Å². The molecule has 2 heterocycles. The molecule has 3 atom stereocenters. The highest BCUT2D eigenvalue weighted by molar-refractivity contribution is 5.56. The first-order valence-electron chi connectivity index (χ1n) is 7.52. The van der Waals surface area contributed by atoms with E-state index in [0.29, 0.717) is 6.04 Å². The molecule has 0 saturated carbocycles. The summed E-state index contributed by atoms with van der Waals surface area (Å²) in [5.74, 6) is 0. The van der Waals surface area contributed by atoms with Crippen LogP contribution in [0.2, 0.25) is 0 Å². The van der Waals surface area contributed by atoms with Crippen molar-refractivity contribution < 1.29 is 0 Å². The van der Waals surface area contributed by atoms with Gasteiger partial charge in [-0.1, -0.05) is 18.2 Å². The molecule has 2 aliphatic heterocycles. The minimum absolute atomic E-state index is 0.102. The van der Waals surface area contributed by atoms with Gasteiger partial charge in [-0.25, -0.2) is 0 Å². The normalized spacial score (nSPS) is 29.3. The zero-order chi connectivity index (χ0) is 13.4. The molecule has 0 bridgehead atoms. The molecule has 2 aliphatic rings. The highest BCUT2D eigenvalue weighted by Gasteiger charge is 2.35. The first kappa shape index (κ1) is 12.9. The van der Waals surface area contributed by atoms with Crippen molar-refractivity contribution in [3.05, 3.63) is 29.8 Å². The molecule has 1 aromatic carbocycles. The number of hydrogen-bond acceptors (Lipinski definition) is 3. The predicted molar refractivity (Wildman–Crippen MR) is 80.4 cm³/mol. The van der Waals surface area contributed by atoms with Crippen LogP contribution in [0.15, 0.2) is 24.3 Å². The van der Waals surface area contributed by atoms with Gasteiger partial charge in [0.1, 0.15) is 0 Å². The highest BCUT2D eigenvalue weighted by Crippen LogP contribution is 2.32. The van der Waals surface area contributed by atoms with E-state index in [2.05, 4.69) is 47.9 Å². The molecule has 0 amide bonds. The summed E-state index contributed by atoms with van der Waals surface area (Å²) >= 11 is 0. The lowest BCUT2D eigenvalue weighted by atomic mass is 10.0. The standard InChI is InChI=1S/C16H25N3/c1-12-10-18-9-5-6-14(18)11-19(12)16-8-4-3-7-15(16)13(2)17/h3-4,7-8,12-14H,5-6,9-11,17H2,1-2H3/t12?,13-,14?/m1/s1. The summed E-state index contributed by atoms with van der Waals surface area (Å²) in [7, 11) is 0. The Morgan fingerprint density at radius 3 is 2.84 bits per heavy atom. The van der Waals surface area contributed by atoms with E-state index in [1.54, 1.807) is 0 Å². The lowest BCUT2D eigenvalue weighted by Gasteiger charge is -2.44. The van der Waals surface area contributed by atoms with E-state index in [1.807, 2.05) is 0 Å². The average molecular weight is 259 g/mol. The minimum Gasteiger partial charge on any atom is -0.366 e. The number of hydrogen-bond donors (Lipinski definition) is 1. The first-order chi connectivity index (χ1) is 9.16. The minimum atomic E-state index is 0.102. The van der Waals surface area contributed by atoms with Crippen LogP contribution in [0, 0.1) is 0 Å². The summed E-state index contributed by atoms with van der Waals surface area (Å²) in [6.45, 7) is 8.06. The summed E-state index contributed by atoms with van der Waals surface area (Å²) in [5.41, 5.74) is 8.76. The zero-order valence-electron chi connectivity index (χ0n) is 12.0. The van der Waals surface area contributed by atoms with Crippen molar-refractivity contribution in [2.45, 2.75) is 44.8 Å². The molecule has 3 heteroatoms. The number of benzene rings is 1.